The maximum atomic E-state index is 14.1. The molecule has 0 spiro atoms. The van der Waals surface area contributed by atoms with E-state index in [-0.39, 0.29) is 17.8 Å². The Hall–Kier alpha value is -1.93. The van der Waals surface area contributed by atoms with Crippen molar-refractivity contribution in [1.29, 1.82) is 5.26 Å². The first-order valence-corrected chi connectivity index (χ1v) is 8.30. The Morgan fingerprint density at radius 1 is 1.30 bits per heavy atom. The fourth-order valence-corrected chi connectivity index (χ4v) is 4.05. The van der Waals surface area contributed by atoms with Crippen LogP contribution in [0.25, 0.3) is 0 Å². The van der Waals surface area contributed by atoms with Crippen molar-refractivity contribution in [3.8, 4) is 6.07 Å². The van der Waals surface area contributed by atoms with E-state index in [9.17, 15) is 9.18 Å². The van der Waals surface area contributed by atoms with Crippen molar-refractivity contribution in [2.24, 2.45) is 0 Å². The third-order valence-corrected chi connectivity index (χ3v) is 5.11. The molecule has 2 atom stereocenters. The van der Waals surface area contributed by atoms with Gasteiger partial charge in [-0.05, 0) is 50.4 Å². The monoisotopic (exact) mass is 315 g/mol. The molecule has 5 heteroatoms. The molecule has 2 aliphatic rings. The van der Waals surface area contributed by atoms with Gasteiger partial charge in [-0.15, -0.1) is 0 Å². The zero-order valence-electron chi connectivity index (χ0n) is 13.5. The Balaban J connectivity index is 1.77. The van der Waals surface area contributed by atoms with Gasteiger partial charge in [0.25, 0.3) is 0 Å². The average Bonchev–Trinajstić information content (AvgIpc) is 3.17. The van der Waals surface area contributed by atoms with E-state index >= 15 is 0 Å². The number of hydrogen-bond acceptors (Lipinski definition) is 3. The van der Waals surface area contributed by atoms with Gasteiger partial charge in [0, 0.05) is 37.7 Å². The second-order valence-corrected chi connectivity index (χ2v) is 6.52. The summed E-state index contributed by atoms with van der Waals surface area (Å²) in [6.45, 7) is 3.90. The Kier molecular flexibility index (Phi) is 4.63. The number of amides is 1. The van der Waals surface area contributed by atoms with Gasteiger partial charge in [-0.3, -0.25) is 9.69 Å². The summed E-state index contributed by atoms with van der Waals surface area (Å²) in [4.78, 5) is 16.1. The largest absolute Gasteiger partial charge is 0.338 e. The van der Waals surface area contributed by atoms with E-state index in [0.717, 1.165) is 38.8 Å². The topological polar surface area (TPSA) is 47.3 Å². The maximum Gasteiger partial charge on any atom is 0.219 e. The minimum Gasteiger partial charge on any atom is -0.338 e. The lowest BCUT2D eigenvalue weighted by Crippen LogP contribution is -2.47. The molecule has 0 radical (unpaired) electrons. The molecule has 0 aromatic heterocycles. The second kappa shape index (κ2) is 6.67. The highest BCUT2D eigenvalue weighted by molar-refractivity contribution is 5.74. The highest BCUT2D eigenvalue weighted by atomic mass is 19.1. The van der Waals surface area contributed by atoms with Crippen molar-refractivity contribution in [3.05, 3.63) is 35.1 Å². The van der Waals surface area contributed by atoms with Crippen molar-refractivity contribution in [1.82, 2.24) is 9.80 Å². The van der Waals surface area contributed by atoms with Gasteiger partial charge in [-0.25, -0.2) is 4.39 Å². The van der Waals surface area contributed by atoms with Gasteiger partial charge in [0.15, 0.2) is 0 Å². The smallest absolute Gasteiger partial charge is 0.219 e. The van der Waals surface area contributed by atoms with Gasteiger partial charge in [0.2, 0.25) is 5.91 Å². The van der Waals surface area contributed by atoms with E-state index in [1.807, 2.05) is 4.90 Å². The first-order chi connectivity index (χ1) is 11.1. The van der Waals surface area contributed by atoms with Crippen LogP contribution in [0, 0.1) is 17.1 Å². The molecule has 2 aliphatic heterocycles. The number of halogens is 1. The summed E-state index contributed by atoms with van der Waals surface area (Å²) in [6.07, 6.45) is 4.20. The number of benzene rings is 1. The summed E-state index contributed by atoms with van der Waals surface area (Å²) in [7, 11) is 0. The van der Waals surface area contributed by atoms with Crippen LogP contribution in [0.1, 0.15) is 43.7 Å². The standard InChI is InChI=1S/C18H22FN3O/c1-13(23)22-9-3-5-18(22)17-4-2-8-21(17)12-15-10-14(11-20)6-7-16(15)19/h6-7,10,17-18H,2-5,8-9,12H2,1H3/t17-,18+/m0/s1. The van der Waals surface area contributed by atoms with Crippen LogP contribution >= 0.6 is 0 Å². The van der Waals surface area contributed by atoms with E-state index in [1.54, 1.807) is 13.0 Å². The van der Waals surface area contributed by atoms with E-state index in [0.29, 0.717) is 23.7 Å². The SMILES string of the molecule is CC(=O)N1CCC[C@@H]1[C@@H]1CCCN1Cc1cc(C#N)ccc1F. The molecule has 122 valence electrons. The fraction of sp³-hybridized carbons (Fsp3) is 0.556. The predicted molar refractivity (Wildman–Crippen MR) is 85.0 cm³/mol. The van der Waals surface area contributed by atoms with E-state index in [1.165, 1.54) is 12.1 Å². The Morgan fingerprint density at radius 2 is 2.04 bits per heavy atom. The summed E-state index contributed by atoms with van der Waals surface area (Å²) >= 11 is 0. The van der Waals surface area contributed by atoms with Gasteiger partial charge >= 0.3 is 0 Å². The first-order valence-electron chi connectivity index (χ1n) is 8.30. The number of likely N-dealkylation sites (tertiary alicyclic amines) is 2. The van der Waals surface area contributed by atoms with E-state index in [2.05, 4.69) is 11.0 Å². The summed E-state index contributed by atoms with van der Waals surface area (Å²) in [5, 5.41) is 9.00. The third-order valence-electron chi connectivity index (χ3n) is 5.11. The first kappa shape index (κ1) is 15.9. The molecule has 1 amide bonds. The van der Waals surface area contributed by atoms with Crippen molar-refractivity contribution in [3.63, 3.8) is 0 Å². The highest BCUT2D eigenvalue weighted by Gasteiger charge is 2.38. The lowest BCUT2D eigenvalue weighted by Gasteiger charge is -2.34. The molecule has 23 heavy (non-hydrogen) atoms. The summed E-state index contributed by atoms with van der Waals surface area (Å²) in [5.74, 6) is -0.124. The normalized spacial score (nSPS) is 24.8. The number of rotatable bonds is 3. The van der Waals surface area contributed by atoms with Crippen molar-refractivity contribution < 1.29 is 9.18 Å². The van der Waals surface area contributed by atoms with Crippen LogP contribution in [0.5, 0.6) is 0 Å². The lowest BCUT2D eigenvalue weighted by atomic mass is 10.0. The van der Waals surface area contributed by atoms with Gasteiger partial charge in [-0.1, -0.05) is 0 Å². The molecule has 1 aromatic carbocycles. The number of carbonyl (C=O) groups excluding carboxylic acids is 1. The van der Waals surface area contributed by atoms with Gasteiger partial charge < -0.3 is 4.90 Å². The van der Waals surface area contributed by atoms with Crippen LogP contribution in [0.3, 0.4) is 0 Å². The Labute approximate surface area is 136 Å². The van der Waals surface area contributed by atoms with Crippen molar-refractivity contribution >= 4 is 5.91 Å². The maximum absolute atomic E-state index is 14.1. The Morgan fingerprint density at radius 3 is 2.78 bits per heavy atom. The summed E-state index contributed by atoms with van der Waals surface area (Å²) in [5.41, 5.74) is 1.06. The number of carbonyl (C=O) groups is 1. The molecule has 0 bridgehead atoms. The molecule has 1 aromatic rings. The third kappa shape index (κ3) is 3.23. The van der Waals surface area contributed by atoms with Crippen LogP contribution in [0.2, 0.25) is 0 Å². The molecule has 2 saturated heterocycles. The average molecular weight is 315 g/mol. The van der Waals surface area contributed by atoms with Crippen LogP contribution in [0.15, 0.2) is 18.2 Å². The molecular weight excluding hydrogens is 293 g/mol. The zero-order chi connectivity index (χ0) is 16.4. The molecule has 0 unspecified atom stereocenters. The minimum atomic E-state index is -0.260. The molecule has 0 saturated carbocycles. The van der Waals surface area contributed by atoms with Gasteiger partial charge in [-0.2, -0.15) is 5.26 Å². The molecule has 0 N–H and O–H groups in total. The summed E-state index contributed by atoms with van der Waals surface area (Å²) in [6, 6.07) is 7.14. The molecule has 0 aliphatic carbocycles. The second-order valence-electron chi connectivity index (χ2n) is 6.52. The molecule has 4 nitrogen and oxygen atoms in total. The van der Waals surface area contributed by atoms with Crippen molar-refractivity contribution in [2.45, 2.75) is 51.2 Å². The van der Waals surface area contributed by atoms with Crippen LogP contribution < -0.4 is 0 Å². The summed E-state index contributed by atoms with van der Waals surface area (Å²) < 4.78 is 14.1. The number of nitrogens with zero attached hydrogens (tertiary/aromatic N) is 3. The Bertz CT molecular complexity index is 640. The molecule has 3 rings (SSSR count). The fourth-order valence-electron chi connectivity index (χ4n) is 4.05. The lowest BCUT2D eigenvalue weighted by molar-refractivity contribution is -0.130. The molecular formula is C18H22FN3O. The highest BCUT2D eigenvalue weighted by Crippen LogP contribution is 2.31. The van der Waals surface area contributed by atoms with Crippen LogP contribution in [-0.4, -0.2) is 40.9 Å². The van der Waals surface area contributed by atoms with Gasteiger partial charge in [0.05, 0.1) is 11.6 Å². The minimum absolute atomic E-state index is 0.136. The van der Waals surface area contributed by atoms with Crippen molar-refractivity contribution in [2.75, 3.05) is 13.1 Å². The predicted octanol–water partition coefficient (Wildman–Crippen LogP) is 2.67. The van der Waals surface area contributed by atoms with Crippen LogP contribution in [0.4, 0.5) is 4.39 Å². The zero-order valence-corrected chi connectivity index (χ0v) is 13.5. The number of nitriles is 1. The number of hydrogen-bond donors (Lipinski definition) is 0. The van der Waals surface area contributed by atoms with Gasteiger partial charge in [0.1, 0.15) is 5.82 Å². The van der Waals surface area contributed by atoms with Crippen LogP contribution in [-0.2, 0) is 11.3 Å². The van der Waals surface area contributed by atoms with E-state index < -0.39 is 0 Å². The quantitative estimate of drug-likeness (QED) is 0.861. The van der Waals surface area contributed by atoms with E-state index in [4.69, 9.17) is 5.26 Å². The molecule has 2 fully saturated rings. The molecule has 2 heterocycles.